The summed E-state index contributed by atoms with van der Waals surface area (Å²) in [5.41, 5.74) is 4.07. The molecule has 2 aromatic heterocycles. The van der Waals surface area contributed by atoms with E-state index in [0.29, 0.717) is 28.1 Å². The van der Waals surface area contributed by atoms with Gasteiger partial charge in [0, 0.05) is 22.8 Å². The summed E-state index contributed by atoms with van der Waals surface area (Å²) in [4.78, 5) is 0. The molecule has 0 aliphatic carbocycles. The number of nitrogens with zero attached hydrogens (tertiary/aromatic N) is 4. The van der Waals surface area contributed by atoms with Gasteiger partial charge in [0.25, 0.3) is 0 Å². The second kappa shape index (κ2) is 10.2. The highest BCUT2D eigenvalue weighted by Crippen LogP contribution is 2.23. The van der Waals surface area contributed by atoms with Gasteiger partial charge in [-0.1, -0.05) is 29.8 Å². The van der Waals surface area contributed by atoms with Crippen molar-refractivity contribution < 1.29 is 9.13 Å². The number of halogens is 2. The van der Waals surface area contributed by atoms with Gasteiger partial charge >= 0.3 is 0 Å². The molecule has 176 valence electrons. The Hall–Kier alpha value is -3.43. The third-order valence-electron chi connectivity index (χ3n) is 5.35. The van der Waals surface area contributed by atoms with E-state index in [0.717, 1.165) is 28.4 Å². The fraction of sp³-hybridized carbons (Fsp3) is 0.208. The van der Waals surface area contributed by atoms with E-state index in [4.69, 9.17) is 28.6 Å². The number of benzene rings is 2. The fourth-order valence-corrected chi connectivity index (χ4v) is 4.03. The van der Waals surface area contributed by atoms with Gasteiger partial charge < -0.3 is 15.4 Å². The zero-order valence-electron chi connectivity index (χ0n) is 19.0. The highest BCUT2D eigenvalue weighted by atomic mass is 35.5. The van der Waals surface area contributed by atoms with Crippen LogP contribution in [0.2, 0.25) is 5.02 Å². The molecule has 10 heteroatoms. The van der Waals surface area contributed by atoms with Crippen molar-refractivity contribution in [3.63, 3.8) is 0 Å². The summed E-state index contributed by atoms with van der Waals surface area (Å²) in [6, 6.07) is 14.2. The molecule has 4 aromatic rings. The number of anilines is 2. The second-order valence-corrected chi connectivity index (χ2v) is 8.55. The minimum atomic E-state index is -0.369. The van der Waals surface area contributed by atoms with Crippen LogP contribution in [0.25, 0.3) is 0 Å². The Bertz CT molecular complexity index is 1310. The number of aryl methyl sites for hydroxylation is 1. The molecule has 4 rings (SSSR count). The van der Waals surface area contributed by atoms with Crippen LogP contribution in [0.1, 0.15) is 22.5 Å². The number of methoxy groups -OCH3 is 1. The number of thiocarbonyl (C=S) groups is 1. The Labute approximate surface area is 207 Å². The van der Waals surface area contributed by atoms with Gasteiger partial charge in [0.1, 0.15) is 11.6 Å². The molecule has 34 heavy (non-hydrogen) atoms. The van der Waals surface area contributed by atoms with Crippen LogP contribution in [-0.4, -0.2) is 31.8 Å². The van der Waals surface area contributed by atoms with Crippen molar-refractivity contribution in [2.45, 2.75) is 26.9 Å². The molecule has 0 radical (unpaired) electrons. The van der Waals surface area contributed by atoms with Crippen molar-refractivity contribution in [1.29, 1.82) is 0 Å². The highest BCUT2D eigenvalue weighted by Gasteiger charge is 2.14. The van der Waals surface area contributed by atoms with Gasteiger partial charge in [0.05, 0.1) is 37.3 Å². The maximum Gasteiger partial charge on any atom is 0.176 e. The third kappa shape index (κ3) is 5.37. The summed E-state index contributed by atoms with van der Waals surface area (Å²) in [6.45, 7) is 4.72. The van der Waals surface area contributed by atoms with Crippen molar-refractivity contribution in [3.05, 3.63) is 88.1 Å². The fourth-order valence-electron chi connectivity index (χ4n) is 3.60. The highest BCUT2D eigenvalue weighted by molar-refractivity contribution is 7.80. The Morgan fingerprint density at radius 3 is 2.65 bits per heavy atom. The van der Waals surface area contributed by atoms with E-state index in [1.54, 1.807) is 36.2 Å². The van der Waals surface area contributed by atoms with Gasteiger partial charge in [-0.25, -0.2) is 4.39 Å². The lowest BCUT2D eigenvalue weighted by Gasteiger charge is -2.10. The molecule has 7 nitrogen and oxygen atoms in total. The van der Waals surface area contributed by atoms with Gasteiger partial charge in [-0.15, -0.1) is 0 Å². The Balaban J connectivity index is 1.42. The van der Waals surface area contributed by atoms with Crippen LogP contribution in [0.5, 0.6) is 5.75 Å². The Kier molecular flexibility index (Phi) is 7.14. The predicted octanol–water partition coefficient (Wildman–Crippen LogP) is 5.40. The first-order chi connectivity index (χ1) is 16.3. The van der Waals surface area contributed by atoms with E-state index in [-0.39, 0.29) is 12.4 Å². The predicted molar refractivity (Wildman–Crippen MR) is 136 cm³/mol. The summed E-state index contributed by atoms with van der Waals surface area (Å²) in [5.74, 6) is 0.968. The zero-order chi connectivity index (χ0) is 24.2. The number of rotatable bonds is 7. The molecule has 0 saturated carbocycles. The van der Waals surface area contributed by atoms with Crippen LogP contribution in [0.3, 0.4) is 0 Å². The number of ether oxygens (including phenoxy) is 1. The van der Waals surface area contributed by atoms with Crippen molar-refractivity contribution in [1.82, 2.24) is 19.6 Å². The SMILES string of the molecule is COc1cccc(Cn2nc(C)c(NC(=S)Nc3ccn(Cc4c(F)cccc4Cl)n3)c2C)c1. The van der Waals surface area contributed by atoms with Crippen molar-refractivity contribution in [3.8, 4) is 5.75 Å². The van der Waals surface area contributed by atoms with Crippen LogP contribution >= 0.6 is 23.8 Å². The molecule has 0 bridgehead atoms. The summed E-state index contributed by atoms with van der Waals surface area (Å²) in [6.07, 6.45) is 1.73. The number of hydrogen-bond donors (Lipinski definition) is 2. The maximum absolute atomic E-state index is 14.1. The first-order valence-electron chi connectivity index (χ1n) is 10.6. The van der Waals surface area contributed by atoms with Gasteiger partial charge in [0.15, 0.2) is 10.9 Å². The average Bonchev–Trinajstić information content (AvgIpc) is 3.35. The van der Waals surface area contributed by atoms with Gasteiger partial charge in [-0.2, -0.15) is 10.2 Å². The molecule has 2 aromatic carbocycles. The van der Waals surface area contributed by atoms with Gasteiger partial charge in [-0.3, -0.25) is 9.36 Å². The molecule has 0 spiro atoms. The molecule has 0 fully saturated rings. The zero-order valence-corrected chi connectivity index (χ0v) is 20.5. The summed E-state index contributed by atoms with van der Waals surface area (Å²) < 4.78 is 22.9. The summed E-state index contributed by atoms with van der Waals surface area (Å²) in [5, 5.41) is 16.1. The first-order valence-corrected chi connectivity index (χ1v) is 11.3. The number of aromatic nitrogens is 4. The van der Waals surface area contributed by atoms with Crippen LogP contribution in [0.4, 0.5) is 15.9 Å². The normalized spacial score (nSPS) is 10.9. The van der Waals surface area contributed by atoms with Crippen LogP contribution in [0.15, 0.2) is 54.7 Å². The quantitative estimate of drug-likeness (QED) is 0.332. The average molecular weight is 499 g/mol. The van der Waals surface area contributed by atoms with Gasteiger partial charge in [-0.05, 0) is 55.9 Å². The Morgan fingerprint density at radius 1 is 1.09 bits per heavy atom. The topological polar surface area (TPSA) is 68.9 Å². The van der Waals surface area contributed by atoms with Gasteiger partial charge in [0.2, 0.25) is 0 Å². The van der Waals surface area contributed by atoms with Crippen LogP contribution < -0.4 is 15.4 Å². The van der Waals surface area contributed by atoms with E-state index in [2.05, 4.69) is 20.8 Å². The molecule has 0 atom stereocenters. The molecular weight excluding hydrogens is 475 g/mol. The standard InChI is InChI=1S/C24H24ClFN6OS/c1-15-23(16(2)32(29-15)13-17-6-4-7-18(12-17)33-3)28-24(34)27-22-10-11-31(30-22)14-19-20(25)8-5-9-21(19)26/h4-12H,13-14H2,1-3H3,(H2,27,28,30,34). The van der Waals surface area contributed by atoms with E-state index in [1.165, 1.54) is 6.07 Å². The van der Waals surface area contributed by atoms with E-state index in [1.807, 2.05) is 42.8 Å². The molecule has 0 aliphatic rings. The first kappa shape index (κ1) is 23.7. The molecule has 0 unspecified atom stereocenters. The van der Waals surface area contributed by atoms with E-state index >= 15 is 0 Å². The molecule has 0 saturated heterocycles. The smallest absolute Gasteiger partial charge is 0.176 e. The number of hydrogen-bond acceptors (Lipinski definition) is 4. The largest absolute Gasteiger partial charge is 0.497 e. The van der Waals surface area contributed by atoms with Crippen LogP contribution in [0, 0.1) is 19.7 Å². The lowest BCUT2D eigenvalue weighted by Crippen LogP contribution is -2.20. The van der Waals surface area contributed by atoms with E-state index in [9.17, 15) is 4.39 Å². The number of nitrogens with one attached hydrogen (secondary N) is 2. The third-order valence-corrected chi connectivity index (χ3v) is 5.91. The van der Waals surface area contributed by atoms with Crippen molar-refractivity contribution in [2.75, 3.05) is 17.7 Å². The molecule has 2 N–H and O–H groups in total. The van der Waals surface area contributed by atoms with Crippen molar-refractivity contribution in [2.24, 2.45) is 0 Å². The molecular formula is C24H24ClFN6OS. The lowest BCUT2D eigenvalue weighted by molar-refractivity contribution is 0.414. The maximum atomic E-state index is 14.1. The minimum Gasteiger partial charge on any atom is -0.497 e. The second-order valence-electron chi connectivity index (χ2n) is 7.73. The summed E-state index contributed by atoms with van der Waals surface area (Å²) >= 11 is 11.6. The van der Waals surface area contributed by atoms with Crippen molar-refractivity contribution >= 4 is 40.4 Å². The Morgan fingerprint density at radius 2 is 1.88 bits per heavy atom. The van der Waals surface area contributed by atoms with Crippen LogP contribution in [-0.2, 0) is 13.1 Å². The van der Waals surface area contributed by atoms with E-state index < -0.39 is 0 Å². The lowest BCUT2D eigenvalue weighted by atomic mass is 10.2. The molecule has 0 amide bonds. The monoisotopic (exact) mass is 498 g/mol. The molecule has 0 aliphatic heterocycles. The summed E-state index contributed by atoms with van der Waals surface area (Å²) in [7, 11) is 1.65. The molecule has 2 heterocycles. The minimum absolute atomic E-state index is 0.211.